The van der Waals surface area contributed by atoms with Gasteiger partial charge in [0.15, 0.2) is 0 Å². The van der Waals surface area contributed by atoms with E-state index in [4.69, 9.17) is 14.2 Å². The van der Waals surface area contributed by atoms with Crippen LogP contribution < -0.4 is 10.1 Å². The summed E-state index contributed by atoms with van der Waals surface area (Å²) in [6.45, 7) is 9.33. The number of hydrogen-bond acceptors (Lipinski definition) is 4. The van der Waals surface area contributed by atoms with Gasteiger partial charge in [-0.15, -0.1) is 0 Å². The van der Waals surface area contributed by atoms with E-state index in [1.54, 1.807) is 19.2 Å². The molecular weight excluding hydrogens is 306 g/mol. The van der Waals surface area contributed by atoms with Crippen molar-refractivity contribution in [2.24, 2.45) is 5.41 Å². The molecule has 0 bridgehead atoms. The quantitative estimate of drug-likeness (QED) is 0.742. The van der Waals surface area contributed by atoms with Crippen molar-refractivity contribution < 1.29 is 19.0 Å². The van der Waals surface area contributed by atoms with Crippen LogP contribution in [0, 0.1) is 5.41 Å². The summed E-state index contributed by atoms with van der Waals surface area (Å²) in [5.41, 5.74) is 0.543. The Bertz CT molecular complexity index is 556. The maximum Gasteiger partial charge on any atom is 0.251 e. The summed E-state index contributed by atoms with van der Waals surface area (Å²) >= 11 is 0. The number of carbonyl (C=O) groups excluding carboxylic acids is 1. The lowest BCUT2D eigenvalue weighted by Gasteiger charge is -2.52. The van der Waals surface area contributed by atoms with Crippen molar-refractivity contribution in [3.05, 3.63) is 29.8 Å². The van der Waals surface area contributed by atoms with Crippen molar-refractivity contribution in [3.63, 3.8) is 0 Å². The first-order valence-corrected chi connectivity index (χ1v) is 8.52. The SMILES string of the molecule is COCCOc1cccc(C(=O)NC2CC(OC(C)C)C2(C)C)c1. The van der Waals surface area contributed by atoms with Crippen molar-refractivity contribution in [1.82, 2.24) is 5.32 Å². The van der Waals surface area contributed by atoms with Crippen LogP contribution in [0.4, 0.5) is 0 Å². The van der Waals surface area contributed by atoms with Crippen LogP contribution in [0.2, 0.25) is 0 Å². The maximum atomic E-state index is 12.5. The van der Waals surface area contributed by atoms with Gasteiger partial charge in [0.25, 0.3) is 5.91 Å². The average Bonchev–Trinajstić information content (AvgIpc) is 2.54. The minimum atomic E-state index is -0.0757. The van der Waals surface area contributed by atoms with E-state index in [1.807, 2.05) is 26.0 Å². The highest BCUT2D eigenvalue weighted by Gasteiger charge is 2.50. The Balaban J connectivity index is 1.92. The molecule has 0 heterocycles. The predicted octanol–water partition coefficient (Wildman–Crippen LogP) is 3.03. The van der Waals surface area contributed by atoms with Crippen LogP contribution in [0.25, 0.3) is 0 Å². The van der Waals surface area contributed by atoms with Crippen LogP contribution in [0.3, 0.4) is 0 Å². The molecule has 1 aliphatic rings. The number of ether oxygens (including phenoxy) is 3. The fourth-order valence-electron chi connectivity index (χ4n) is 2.90. The third-order valence-corrected chi connectivity index (χ3v) is 4.57. The van der Waals surface area contributed by atoms with Gasteiger partial charge in [0.1, 0.15) is 12.4 Å². The van der Waals surface area contributed by atoms with Crippen LogP contribution >= 0.6 is 0 Å². The first-order valence-electron chi connectivity index (χ1n) is 8.52. The first-order chi connectivity index (χ1) is 11.3. The van der Waals surface area contributed by atoms with Gasteiger partial charge in [-0.3, -0.25) is 4.79 Å². The second-order valence-electron chi connectivity index (χ2n) is 7.13. The van der Waals surface area contributed by atoms with Gasteiger partial charge in [-0.25, -0.2) is 0 Å². The van der Waals surface area contributed by atoms with Crippen LogP contribution in [-0.2, 0) is 9.47 Å². The molecule has 1 aromatic rings. The van der Waals surface area contributed by atoms with Crippen LogP contribution in [0.1, 0.15) is 44.5 Å². The van der Waals surface area contributed by atoms with Gasteiger partial charge in [0, 0.05) is 24.1 Å². The molecule has 5 heteroatoms. The van der Waals surface area contributed by atoms with Gasteiger partial charge in [-0.2, -0.15) is 0 Å². The lowest BCUT2D eigenvalue weighted by Crippen LogP contribution is -2.62. The molecule has 0 spiro atoms. The first kappa shape index (κ1) is 18.7. The number of methoxy groups -OCH3 is 1. The Morgan fingerprint density at radius 3 is 2.71 bits per heavy atom. The number of rotatable bonds is 8. The van der Waals surface area contributed by atoms with Gasteiger partial charge >= 0.3 is 0 Å². The second kappa shape index (κ2) is 7.99. The second-order valence-corrected chi connectivity index (χ2v) is 7.13. The third-order valence-electron chi connectivity index (χ3n) is 4.57. The smallest absolute Gasteiger partial charge is 0.251 e. The Morgan fingerprint density at radius 1 is 1.33 bits per heavy atom. The molecule has 1 fully saturated rings. The standard InChI is InChI=1S/C19H29NO4/c1-13(2)24-17-12-16(19(17,3)4)20-18(21)14-7-6-8-15(11-14)23-10-9-22-5/h6-8,11,13,16-17H,9-10,12H2,1-5H3,(H,20,21). The van der Waals surface area contributed by atoms with E-state index in [2.05, 4.69) is 19.2 Å². The monoisotopic (exact) mass is 335 g/mol. The fraction of sp³-hybridized carbons (Fsp3) is 0.632. The van der Waals surface area contributed by atoms with E-state index in [0.29, 0.717) is 24.5 Å². The topological polar surface area (TPSA) is 56.8 Å². The van der Waals surface area contributed by atoms with E-state index < -0.39 is 0 Å². The molecule has 1 N–H and O–H groups in total. The van der Waals surface area contributed by atoms with E-state index in [1.165, 1.54) is 0 Å². The van der Waals surface area contributed by atoms with Crippen molar-refractivity contribution >= 4 is 5.91 Å². The number of amides is 1. The molecule has 2 unspecified atom stereocenters. The number of carbonyl (C=O) groups is 1. The Hall–Kier alpha value is -1.59. The molecule has 2 rings (SSSR count). The number of benzene rings is 1. The van der Waals surface area contributed by atoms with E-state index in [9.17, 15) is 4.79 Å². The molecule has 24 heavy (non-hydrogen) atoms. The molecular formula is C19H29NO4. The van der Waals surface area contributed by atoms with Gasteiger partial charge in [-0.05, 0) is 38.5 Å². The molecule has 0 radical (unpaired) electrons. The molecule has 0 saturated heterocycles. The maximum absolute atomic E-state index is 12.5. The summed E-state index contributed by atoms with van der Waals surface area (Å²) < 4.78 is 16.4. The van der Waals surface area contributed by atoms with Gasteiger partial charge in [0.05, 0.1) is 18.8 Å². The van der Waals surface area contributed by atoms with Crippen LogP contribution in [0.15, 0.2) is 24.3 Å². The zero-order chi connectivity index (χ0) is 17.7. The Kier molecular flexibility index (Phi) is 6.24. The van der Waals surface area contributed by atoms with Crippen molar-refractivity contribution in [2.45, 2.75) is 52.4 Å². The lowest BCUT2D eigenvalue weighted by molar-refractivity contribution is -0.136. The summed E-state index contributed by atoms with van der Waals surface area (Å²) in [6, 6.07) is 7.34. The van der Waals surface area contributed by atoms with Crippen molar-refractivity contribution in [2.75, 3.05) is 20.3 Å². The van der Waals surface area contributed by atoms with E-state index >= 15 is 0 Å². The zero-order valence-electron chi connectivity index (χ0n) is 15.3. The number of hydrogen-bond donors (Lipinski definition) is 1. The van der Waals surface area contributed by atoms with Crippen LogP contribution in [0.5, 0.6) is 5.75 Å². The van der Waals surface area contributed by atoms with Crippen LogP contribution in [-0.4, -0.2) is 44.5 Å². The molecule has 0 aliphatic heterocycles. The summed E-state index contributed by atoms with van der Waals surface area (Å²) in [5.74, 6) is 0.599. The average molecular weight is 335 g/mol. The molecule has 0 aromatic heterocycles. The van der Waals surface area contributed by atoms with E-state index in [0.717, 1.165) is 6.42 Å². The Labute approximate surface area is 144 Å². The Morgan fingerprint density at radius 2 is 2.08 bits per heavy atom. The molecule has 5 nitrogen and oxygen atoms in total. The highest BCUT2D eigenvalue weighted by molar-refractivity contribution is 5.94. The van der Waals surface area contributed by atoms with Crippen molar-refractivity contribution in [1.29, 1.82) is 0 Å². The molecule has 1 aliphatic carbocycles. The van der Waals surface area contributed by atoms with Gasteiger partial charge < -0.3 is 19.5 Å². The summed E-state index contributed by atoms with van der Waals surface area (Å²) in [4.78, 5) is 12.5. The highest BCUT2D eigenvalue weighted by atomic mass is 16.5. The van der Waals surface area contributed by atoms with Gasteiger partial charge in [-0.1, -0.05) is 19.9 Å². The molecule has 1 amide bonds. The minimum Gasteiger partial charge on any atom is -0.491 e. The number of nitrogens with one attached hydrogen (secondary N) is 1. The molecule has 2 atom stereocenters. The molecule has 1 aromatic carbocycles. The predicted molar refractivity (Wildman–Crippen MR) is 93.5 cm³/mol. The zero-order valence-corrected chi connectivity index (χ0v) is 15.3. The molecule has 1 saturated carbocycles. The van der Waals surface area contributed by atoms with E-state index in [-0.39, 0.29) is 29.6 Å². The molecule has 134 valence electrons. The normalized spacial score (nSPS) is 22.1. The summed E-state index contributed by atoms with van der Waals surface area (Å²) in [5, 5.41) is 3.12. The minimum absolute atomic E-state index is 0.0630. The fourth-order valence-corrected chi connectivity index (χ4v) is 2.90. The summed E-state index contributed by atoms with van der Waals surface area (Å²) in [6.07, 6.45) is 1.24. The largest absolute Gasteiger partial charge is 0.491 e. The highest BCUT2D eigenvalue weighted by Crippen LogP contribution is 2.43. The third kappa shape index (κ3) is 4.48. The van der Waals surface area contributed by atoms with Crippen molar-refractivity contribution in [3.8, 4) is 5.75 Å². The van der Waals surface area contributed by atoms with Gasteiger partial charge in [0.2, 0.25) is 0 Å². The summed E-state index contributed by atoms with van der Waals surface area (Å²) in [7, 11) is 1.63. The lowest BCUT2D eigenvalue weighted by atomic mass is 9.64.